The summed E-state index contributed by atoms with van der Waals surface area (Å²) in [6.07, 6.45) is 0.607. The quantitative estimate of drug-likeness (QED) is 0.881. The van der Waals surface area contributed by atoms with Crippen LogP contribution in [-0.2, 0) is 11.2 Å². The molecule has 2 aromatic rings. The molecule has 0 spiro atoms. The fourth-order valence-corrected chi connectivity index (χ4v) is 2.23. The van der Waals surface area contributed by atoms with Crippen molar-refractivity contribution in [3.8, 4) is 0 Å². The molecule has 4 nitrogen and oxygen atoms in total. The van der Waals surface area contributed by atoms with Gasteiger partial charge in [-0.2, -0.15) is 0 Å². The van der Waals surface area contributed by atoms with Crippen LogP contribution in [-0.4, -0.2) is 17.0 Å². The van der Waals surface area contributed by atoms with Crippen LogP contribution in [0.25, 0.3) is 0 Å². The standard InChI is InChI=1S/C14H13NO3S/c16-13(17)8-5-10-3-6-11(7-4-10)15-14(18)12-2-1-9-19-12/h1-4,6-7,9H,5,8H2,(H,15,18)(H,16,17). The monoisotopic (exact) mass is 275 g/mol. The first-order valence-corrected chi connectivity index (χ1v) is 6.69. The van der Waals surface area contributed by atoms with Crippen molar-refractivity contribution in [2.45, 2.75) is 12.8 Å². The summed E-state index contributed by atoms with van der Waals surface area (Å²) >= 11 is 1.39. The first kappa shape index (κ1) is 13.3. The number of carbonyl (C=O) groups is 2. The number of anilines is 1. The highest BCUT2D eigenvalue weighted by molar-refractivity contribution is 7.12. The van der Waals surface area contributed by atoms with E-state index in [1.807, 2.05) is 23.6 Å². The Morgan fingerprint density at radius 1 is 1.16 bits per heavy atom. The van der Waals surface area contributed by atoms with Crippen LogP contribution in [0.5, 0.6) is 0 Å². The number of aryl methyl sites for hydroxylation is 1. The molecule has 0 fully saturated rings. The second-order valence-corrected chi connectivity index (χ2v) is 4.97. The fraction of sp³-hybridized carbons (Fsp3) is 0.143. The minimum absolute atomic E-state index is 0.112. The maximum absolute atomic E-state index is 11.8. The lowest BCUT2D eigenvalue weighted by Crippen LogP contribution is -2.09. The lowest BCUT2D eigenvalue weighted by atomic mass is 10.1. The number of carboxylic acid groups (broad SMARTS) is 1. The molecule has 0 aliphatic rings. The highest BCUT2D eigenvalue weighted by Crippen LogP contribution is 2.14. The molecule has 5 heteroatoms. The van der Waals surface area contributed by atoms with Crippen LogP contribution in [0.3, 0.4) is 0 Å². The van der Waals surface area contributed by atoms with Gasteiger partial charge >= 0.3 is 5.97 Å². The zero-order chi connectivity index (χ0) is 13.7. The highest BCUT2D eigenvalue weighted by Gasteiger charge is 2.06. The van der Waals surface area contributed by atoms with E-state index >= 15 is 0 Å². The van der Waals surface area contributed by atoms with Crippen LogP contribution in [0.2, 0.25) is 0 Å². The third-order valence-corrected chi connectivity index (χ3v) is 3.45. The van der Waals surface area contributed by atoms with Crippen molar-refractivity contribution in [1.82, 2.24) is 0 Å². The third kappa shape index (κ3) is 3.93. The molecule has 98 valence electrons. The number of rotatable bonds is 5. The molecule has 19 heavy (non-hydrogen) atoms. The second kappa shape index (κ2) is 6.15. The molecule has 0 unspecified atom stereocenters. The van der Waals surface area contributed by atoms with Gasteiger partial charge in [-0.05, 0) is 35.6 Å². The number of carboxylic acids is 1. The van der Waals surface area contributed by atoms with Crippen molar-refractivity contribution in [2.24, 2.45) is 0 Å². The van der Waals surface area contributed by atoms with E-state index in [-0.39, 0.29) is 12.3 Å². The van der Waals surface area contributed by atoms with Crippen LogP contribution in [0.15, 0.2) is 41.8 Å². The largest absolute Gasteiger partial charge is 0.481 e. The smallest absolute Gasteiger partial charge is 0.303 e. The molecule has 1 aromatic heterocycles. The molecule has 1 amide bonds. The lowest BCUT2D eigenvalue weighted by Gasteiger charge is -2.05. The maximum Gasteiger partial charge on any atom is 0.303 e. The van der Waals surface area contributed by atoms with Crippen molar-refractivity contribution >= 4 is 28.9 Å². The fourth-order valence-electron chi connectivity index (χ4n) is 1.61. The van der Waals surface area contributed by atoms with Crippen molar-refractivity contribution in [2.75, 3.05) is 5.32 Å². The van der Waals surface area contributed by atoms with Crippen LogP contribution in [0.4, 0.5) is 5.69 Å². The third-order valence-electron chi connectivity index (χ3n) is 2.58. The van der Waals surface area contributed by atoms with Crippen LogP contribution in [0, 0.1) is 0 Å². The summed E-state index contributed by atoms with van der Waals surface area (Å²) in [4.78, 5) is 22.9. The molecule has 0 bridgehead atoms. The van der Waals surface area contributed by atoms with Gasteiger partial charge in [0.25, 0.3) is 5.91 Å². The van der Waals surface area contributed by atoms with E-state index in [1.165, 1.54) is 11.3 Å². The van der Waals surface area contributed by atoms with E-state index < -0.39 is 5.97 Å². The number of benzene rings is 1. The number of carbonyl (C=O) groups excluding carboxylic acids is 1. The summed E-state index contributed by atoms with van der Waals surface area (Å²) in [5.74, 6) is -0.941. The molecule has 0 aliphatic heterocycles. The second-order valence-electron chi connectivity index (χ2n) is 4.02. The number of amides is 1. The summed E-state index contributed by atoms with van der Waals surface area (Å²) in [5.41, 5.74) is 1.65. The normalized spacial score (nSPS) is 10.1. The number of nitrogens with one attached hydrogen (secondary N) is 1. The molecule has 0 atom stereocenters. The van der Waals surface area contributed by atoms with Gasteiger partial charge in [0, 0.05) is 12.1 Å². The predicted octanol–water partition coefficient (Wildman–Crippen LogP) is 3.02. The molecular weight excluding hydrogens is 262 g/mol. The average Bonchev–Trinajstić information content (AvgIpc) is 2.92. The van der Waals surface area contributed by atoms with Gasteiger partial charge in [-0.1, -0.05) is 18.2 Å². The van der Waals surface area contributed by atoms with E-state index in [0.29, 0.717) is 17.0 Å². The lowest BCUT2D eigenvalue weighted by molar-refractivity contribution is -0.136. The molecule has 0 saturated heterocycles. The summed E-state index contributed by atoms with van der Waals surface area (Å²) < 4.78 is 0. The Morgan fingerprint density at radius 2 is 1.89 bits per heavy atom. The van der Waals surface area contributed by atoms with Crippen LogP contribution < -0.4 is 5.32 Å². The predicted molar refractivity (Wildman–Crippen MR) is 74.7 cm³/mol. The van der Waals surface area contributed by atoms with Gasteiger partial charge in [0.1, 0.15) is 0 Å². The van der Waals surface area contributed by atoms with Crippen molar-refractivity contribution < 1.29 is 14.7 Å². The van der Waals surface area contributed by atoms with E-state index in [1.54, 1.807) is 18.2 Å². The average molecular weight is 275 g/mol. The molecule has 1 heterocycles. The zero-order valence-electron chi connectivity index (χ0n) is 10.1. The molecule has 0 aliphatic carbocycles. The van der Waals surface area contributed by atoms with Gasteiger partial charge in [0.15, 0.2) is 0 Å². The Bertz CT molecular complexity index is 561. The summed E-state index contributed by atoms with van der Waals surface area (Å²) in [6.45, 7) is 0. The zero-order valence-corrected chi connectivity index (χ0v) is 10.9. The Morgan fingerprint density at radius 3 is 2.47 bits per heavy atom. The molecule has 2 N–H and O–H groups in total. The molecule has 1 aromatic carbocycles. The number of hydrogen-bond donors (Lipinski definition) is 2. The number of thiophene rings is 1. The molecule has 2 rings (SSSR count). The Hall–Kier alpha value is -2.14. The van der Waals surface area contributed by atoms with Crippen molar-refractivity contribution in [3.63, 3.8) is 0 Å². The van der Waals surface area contributed by atoms with Gasteiger partial charge in [-0.25, -0.2) is 0 Å². The van der Waals surface area contributed by atoms with Gasteiger partial charge in [0.2, 0.25) is 0 Å². The summed E-state index contributed by atoms with van der Waals surface area (Å²) in [7, 11) is 0. The van der Waals surface area contributed by atoms with E-state index in [2.05, 4.69) is 5.32 Å². The topological polar surface area (TPSA) is 66.4 Å². The minimum Gasteiger partial charge on any atom is -0.481 e. The first-order valence-electron chi connectivity index (χ1n) is 5.81. The van der Waals surface area contributed by atoms with E-state index in [0.717, 1.165) is 5.56 Å². The van der Waals surface area contributed by atoms with Gasteiger partial charge < -0.3 is 10.4 Å². The summed E-state index contributed by atoms with van der Waals surface area (Å²) in [5, 5.41) is 13.2. The van der Waals surface area contributed by atoms with Crippen molar-refractivity contribution in [3.05, 3.63) is 52.2 Å². The Balaban J connectivity index is 1.95. The molecule has 0 saturated carbocycles. The molecule has 0 radical (unpaired) electrons. The van der Waals surface area contributed by atoms with E-state index in [9.17, 15) is 9.59 Å². The van der Waals surface area contributed by atoms with Crippen LogP contribution in [0.1, 0.15) is 21.7 Å². The highest BCUT2D eigenvalue weighted by atomic mass is 32.1. The molecular formula is C14H13NO3S. The van der Waals surface area contributed by atoms with Gasteiger partial charge in [-0.3, -0.25) is 9.59 Å². The number of aliphatic carboxylic acids is 1. The summed E-state index contributed by atoms with van der Waals surface area (Å²) in [6, 6.07) is 10.8. The van der Waals surface area contributed by atoms with Gasteiger partial charge in [0.05, 0.1) is 4.88 Å². The Labute approximate surface area is 114 Å². The van der Waals surface area contributed by atoms with Crippen molar-refractivity contribution in [1.29, 1.82) is 0 Å². The maximum atomic E-state index is 11.8. The minimum atomic E-state index is -0.810. The Kier molecular flexibility index (Phi) is 4.30. The van der Waals surface area contributed by atoms with Crippen LogP contribution >= 0.6 is 11.3 Å². The number of hydrogen-bond acceptors (Lipinski definition) is 3. The first-order chi connectivity index (χ1) is 9.15. The SMILES string of the molecule is O=C(O)CCc1ccc(NC(=O)c2cccs2)cc1. The van der Waals surface area contributed by atoms with E-state index in [4.69, 9.17) is 5.11 Å². The van der Waals surface area contributed by atoms with Gasteiger partial charge in [-0.15, -0.1) is 11.3 Å².